The molecule has 2 nitrogen and oxygen atoms in total. The van der Waals surface area contributed by atoms with Gasteiger partial charge in [0, 0.05) is 10.5 Å². The normalized spacial score (nSPS) is 10.2. The van der Waals surface area contributed by atoms with Crippen LogP contribution in [0.2, 0.25) is 0 Å². The highest BCUT2D eigenvalue weighted by Crippen LogP contribution is 2.19. The summed E-state index contributed by atoms with van der Waals surface area (Å²) in [5.74, 6) is 0. The van der Waals surface area contributed by atoms with E-state index >= 15 is 0 Å². The lowest BCUT2D eigenvalue weighted by Gasteiger charge is -2.07. The van der Waals surface area contributed by atoms with Gasteiger partial charge in [-0.05, 0) is 38.2 Å². The van der Waals surface area contributed by atoms with Crippen LogP contribution in [0.25, 0.3) is 0 Å². The van der Waals surface area contributed by atoms with Crippen LogP contribution in [-0.2, 0) is 0 Å². The molecule has 0 aliphatic rings. The van der Waals surface area contributed by atoms with Crippen LogP contribution in [0.4, 0.5) is 0 Å². The first-order chi connectivity index (χ1) is 5.72. The molecule has 3 heteroatoms. The summed E-state index contributed by atoms with van der Waals surface area (Å²) in [4.78, 5) is 11.5. The van der Waals surface area contributed by atoms with Crippen molar-refractivity contribution < 1.29 is 4.79 Å². The first kappa shape index (κ1) is 9.29. The van der Waals surface area contributed by atoms with E-state index in [1.165, 1.54) is 0 Å². The molecule has 1 aromatic rings. The van der Waals surface area contributed by atoms with E-state index in [1.54, 1.807) is 18.0 Å². The number of hydrogen-bond acceptors (Lipinski definition) is 3. The van der Waals surface area contributed by atoms with Crippen molar-refractivity contribution in [3.8, 4) is 0 Å². The van der Waals surface area contributed by atoms with Gasteiger partial charge in [-0.15, -0.1) is 0 Å². The van der Waals surface area contributed by atoms with Crippen LogP contribution in [0.15, 0.2) is 29.2 Å². The van der Waals surface area contributed by atoms with Crippen molar-refractivity contribution in [1.82, 2.24) is 4.31 Å². The Balaban J connectivity index is 2.79. The molecule has 0 heterocycles. The van der Waals surface area contributed by atoms with Crippen molar-refractivity contribution >= 4 is 18.2 Å². The number of rotatable bonds is 3. The summed E-state index contributed by atoms with van der Waals surface area (Å²) in [6, 6.07) is 7.54. The molecule has 0 N–H and O–H groups in total. The van der Waals surface area contributed by atoms with Crippen molar-refractivity contribution in [2.24, 2.45) is 0 Å². The molecule has 0 saturated carbocycles. The summed E-state index contributed by atoms with van der Waals surface area (Å²) in [5.41, 5.74) is 0.724. The molecule has 64 valence electrons. The summed E-state index contributed by atoms with van der Waals surface area (Å²) in [5, 5.41) is 0. The fraction of sp³-hybridized carbons (Fsp3) is 0.222. The molecule has 0 aromatic heterocycles. The van der Waals surface area contributed by atoms with Crippen LogP contribution in [0.5, 0.6) is 0 Å². The minimum absolute atomic E-state index is 0.724. The highest BCUT2D eigenvalue weighted by Gasteiger charge is 1.96. The lowest BCUT2D eigenvalue weighted by Crippen LogP contribution is -1.98. The summed E-state index contributed by atoms with van der Waals surface area (Å²) >= 11 is 1.60. The molecule has 0 bridgehead atoms. The van der Waals surface area contributed by atoms with Gasteiger partial charge in [-0.1, -0.05) is 12.1 Å². The summed E-state index contributed by atoms with van der Waals surface area (Å²) in [6.45, 7) is 0. The maximum absolute atomic E-state index is 10.4. The number of carbonyl (C=O) groups is 1. The molecule has 0 atom stereocenters. The van der Waals surface area contributed by atoms with Crippen molar-refractivity contribution in [3.63, 3.8) is 0 Å². The van der Waals surface area contributed by atoms with E-state index in [4.69, 9.17) is 0 Å². The van der Waals surface area contributed by atoms with Crippen molar-refractivity contribution in [2.45, 2.75) is 4.90 Å². The summed E-state index contributed by atoms with van der Waals surface area (Å²) in [6.07, 6.45) is 0.861. The van der Waals surface area contributed by atoms with Crippen LogP contribution >= 0.6 is 11.9 Å². The predicted molar refractivity (Wildman–Crippen MR) is 51.4 cm³/mol. The molecule has 0 radical (unpaired) electrons. The molecule has 0 saturated heterocycles. The molecule has 12 heavy (non-hydrogen) atoms. The molecule has 0 unspecified atom stereocenters. The summed E-state index contributed by atoms with van der Waals surface area (Å²) < 4.78 is 1.99. The van der Waals surface area contributed by atoms with E-state index in [0.29, 0.717) is 0 Å². The van der Waals surface area contributed by atoms with E-state index in [9.17, 15) is 4.79 Å². The lowest BCUT2D eigenvalue weighted by atomic mass is 10.2. The molecule has 0 spiro atoms. The fourth-order valence-electron chi connectivity index (χ4n) is 0.855. The average Bonchev–Trinajstić information content (AvgIpc) is 2.03. The first-order valence-electron chi connectivity index (χ1n) is 3.63. The third-order valence-electron chi connectivity index (χ3n) is 1.28. The van der Waals surface area contributed by atoms with Gasteiger partial charge in [-0.2, -0.15) is 0 Å². The van der Waals surface area contributed by atoms with Crippen LogP contribution < -0.4 is 0 Å². The minimum Gasteiger partial charge on any atom is -0.298 e. The van der Waals surface area contributed by atoms with Crippen molar-refractivity contribution in [1.29, 1.82) is 0 Å². The largest absolute Gasteiger partial charge is 0.298 e. The number of aldehydes is 1. The summed E-state index contributed by atoms with van der Waals surface area (Å²) in [7, 11) is 3.94. The number of nitrogens with zero attached hydrogens (tertiary/aromatic N) is 1. The van der Waals surface area contributed by atoms with Gasteiger partial charge < -0.3 is 0 Å². The van der Waals surface area contributed by atoms with Gasteiger partial charge >= 0.3 is 0 Å². The highest BCUT2D eigenvalue weighted by molar-refractivity contribution is 7.97. The zero-order valence-corrected chi connectivity index (χ0v) is 7.97. The average molecular weight is 181 g/mol. The first-order valence-corrected chi connectivity index (χ1v) is 4.40. The number of benzene rings is 1. The fourth-order valence-corrected chi connectivity index (χ4v) is 1.61. The van der Waals surface area contributed by atoms with Crippen molar-refractivity contribution in [3.05, 3.63) is 29.8 Å². The smallest absolute Gasteiger partial charge is 0.150 e. The Morgan fingerprint density at radius 3 is 2.75 bits per heavy atom. The second kappa shape index (κ2) is 4.28. The van der Waals surface area contributed by atoms with Gasteiger partial charge in [-0.3, -0.25) is 9.10 Å². The zero-order valence-electron chi connectivity index (χ0n) is 7.15. The zero-order chi connectivity index (χ0) is 8.97. The van der Waals surface area contributed by atoms with Crippen LogP contribution in [0.1, 0.15) is 10.4 Å². The van der Waals surface area contributed by atoms with E-state index in [2.05, 4.69) is 0 Å². The Morgan fingerprint density at radius 2 is 2.17 bits per heavy atom. The van der Waals surface area contributed by atoms with E-state index in [-0.39, 0.29) is 0 Å². The second-order valence-corrected chi connectivity index (χ2v) is 3.98. The number of carbonyl (C=O) groups excluding carboxylic acids is 1. The highest BCUT2D eigenvalue weighted by atomic mass is 32.2. The number of hydrogen-bond donors (Lipinski definition) is 0. The third-order valence-corrected chi connectivity index (χ3v) is 2.11. The molecule has 1 rings (SSSR count). The van der Waals surface area contributed by atoms with E-state index < -0.39 is 0 Å². The van der Waals surface area contributed by atoms with Gasteiger partial charge in [0.1, 0.15) is 6.29 Å². The quantitative estimate of drug-likeness (QED) is 0.526. The molecule has 0 amide bonds. The molecular weight excluding hydrogens is 170 g/mol. The molecular formula is C9H11NOS. The van der Waals surface area contributed by atoms with Gasteiger partial charge in [0.15, 0.2) is 0 Å². The molecule has 0 aliphatic carbocycles. The molecule has 1 aromatic carbocycles. The maximum atomic E-state index is 10.4. The minimum atomic E-state index is 0.724. The Bertz CT molecular complexity index is 273. The van der Waals surface area contributed by atoms with Crippen LogP contribution in [0, 0.1) is 0 Å². The topological polar surface area (TPSA) is 20.3 Å². The Hall–Kier alpha value is -0.800. The van der Waals surface area contributed by atoms with E-state index in [1.807, 2.05) is 36.6 Å². The lowest BCUT2D eigenvalue weighted by molar-refractivity contribution is 0.112. The monoisotopic (exact) mass is 181 g/mol. The Labute approximate surface area is 76.7 Å². The molecule has 0 fully saturated rings. The second-order valence-electron chi connectivity index (χ2n) is 2.59. The SMILES string of the molecule is CN(C)Sc1cccc(C=O)c1. The predicted octanol–water partition coefficient (Wildman–Crippen LogP) is 2.07. The van der Waals surface area contributed by atoms with E-state index in [0.717, 1.165) is 16.7 Å². The van der Waals surface area contributed by atoms with Crippen molar-refractivity contribution in [2.75, 3.05) is 14.1 Å². The Kier molecular flexibility index (Phi) is 3.31. The Morgan fingerprint density at radius 1 is 1.42 bits per heavy atom. The maximum Gasteiger partial charge on any atom is 0.150 e. The van der Waals surface area contributed by atoms with Gasteiger partial charge in [0.25, 0.3) is 0 Å². The third kappa shape index (κ3) is 2.68. The van der Waals surface area contributed by atoms with Gasteiger partial charge in [0.05, 0.1) is 0 Å². The molecule has 0 aliphatic heterocycles. The van der Waals surface area contributed by atoms with Gasteiger partial charge in [-0.25, -0.2) is 0 Å². The standard InChI is InChI=1S/C9H11NOS/c1-10(2)12-9-5-3-4-8(6-9)7-11/h3-7H,1-2H3. The van der Waals surface area contributed by atoms with Gasteiger partial charge in [0.2, 0.25) is 0 Å². The van der Waals surface area contributed by atoms with Crippen LogP contribution in [0.3, 0.4) is 0 Å². The van der Waals surface area contributed by atoms with Crippen LogP contribution in [-0.4, -0.2) is 24.7 Å².